The average Bonchev–Trinajstić information content (AvgIpc) is 2.46. The Labute approximate surface area is 106 Å². The average molecular weight is 233 g/mol. The summed E-state index contributed by atoms with van der Waals surface area (Å²) in [6, 6.07) is 19.0. The zero-order valence-electron chi connectivity index (χ0n) is 9.96. The number of benzene rings is 2. The van der Waals surface area contributed by atoms with Gasteiger partial charge in [0.2, 0.25) is 0 Å². The first kappa shape index (κ1) is 11.7. The molecule has 0 radical (unpaired) electrons. The summed E-state index contributed by atoms with van der Waals surface area (Å²) < 4.78 is 0. The largest absolute Gasteiger partial charge is 0.345 e. The molecular formula is C15H11N3. The molecule has 0 spiro atoms. The molecule has 18 heavy (non-hydrogen) atoms. The summed E-state index contributed by atoms with van der Waals surface area (Å²) in [5.74, 6) is 0. The molecule has 0 aliphatic rings. The van der Waals surface area contributed by atoms with Crippen molar-refractivity contribution in [3.8, 4) is 12.1 Å². The van der Waals surface area contributed by atoms with E-state index in [2.05, 4.69) is 12.1 Å². The van der Waals surface area contributed by atoms with E-state index in [1.165, 1.54) is 0 Å². The Morgan fingerprint density at radius 3 is 1.67 bits per heavy atom. The Kier molecular flexibility index (Phi) is 3.27. The van der Waals surface area contributed by atoms with E-state index in [0.29, 0.717) is 11.1 Å². The predicted molar refractivity (Wildman–Crippen MR) is 70.4 cm³/mol. The van der Waals surface area contributed by atoms with Gasteiger partial charge in [0.1, 0.15) is 0 Å². The number of hydrogen-bond donors (Lipinski definition) is 0. The molecule has 2 aromatic rings. The first-order chi connectivity index (χ1) is 8.74. The zero-order valence-corrected chi connectivity index (χ0v) is 9.96. The monoisotopic (exact) mass is 233 g/mol. The van der Waals surface area contributed by atoms with Gasteiger partial charge in [0.15, 0.2) is 0 Å². The second-order valence-corrected chi connectivity index (χ2v) is 3.88. The van der Waals surface area contributed by atoms with Crippen LogP contribution < -0.4 is 4.90 Å². The number of anilines is 2. The van der Waals surface area contributed by atoms with Gasteiger partial charge in [-0.3, -0.25) is 0 Å². The summed E-state index contributed by atoms with van der Waals surface area (Å²) in [4.78, 5) is 1.95. The lowest BCUT2D eigenvalue weighted by atomic mass is 10.1. The van der Waals surface area contributed by atoms with Crippen LogP contribution in [0.25, 0.3) is 0 Å². The normalized spacial score (nSPS) is 9.28. The van der Waals surface area contributed by atoms with Gasteiger partial charge in [-0.2, -0.15) is 10.5 Å². The van der Waals surface area contributed by atoms with Crippen LogP contribution in [0.5, 0.6) is 0 Å². The molecule has 0 unspecified atom stereocenters. The van der Waals surface area contributed by atoms with Crippen LogP contribution in [0.2, 0.25) is 0 Å². The molecule has 0 N–H and O–H groups in total. The molecular weight excluding hydrogens is 222 g/mol. The summed E-state index contributed by atoms with van der Waals surface area (Å²) in [5, 5.41) is 17.8. The van der Waals surface area contributed by atoms with E-state index < -0.39 is 0 Å². The fraction of sp³-hybridized carbons (Fsp3) is 0.0667. The van der Waals surface area contributed by atoms with Crippen molar-refractivity contribution in [2.75, 3.05) is 11.9 Å². The maximum Gasteiger partial charge on any atom is 0.0992 e. The van der Waals surface area contributed by atoms with Crippen LogP contribution in [-0.2, 0) is 0 Å². The molecule has 0 fully saturated rings. The SMILES string of the molecule is CN(c1cccc(C#N)c1)c1cccc(C#N)c1. The molecule has 2 rings (SSSR count). The van der Waals surface area contributed by atoms with Gasteiger partial charge in [0.05, 0.1) is 23.3 Å². The molecule has 0 saturated heterocycles. The number of hydrogen-bond acceptors (Lipinski definition) is 3. The number of rotatable bonds is 2. The summed E-state index contributed by atoms with van der Waals surface area (Å²) >= 11 is 0. The molecule has 0 aliphatic heterocycles. The highest BCUT2D eigenvalue weighted by Crippen LogP contribution is 2.24. The van der Waals surface area contributed by atoms with Gasteiger partial charge in [0.25, 0.3) is 0 Å². The predicted octanol–water partition coefficient (Wildman–Crippen LogP) is 3.20. The van der Waals surface area contributed by atoms with E-state index in [-0.39, 0.29) is 0 Å². The second-order valence-electron chi connectivity index (χ2n) is 3.88. The molecule has 0 aromatic heterocycles. The Balaban J connectivity index is 2.38. The number of nitriles is 2. The van der Waals surface area contributed by atoms with E-state index in [1.54, 1.807) is 12.1 Å². The van der Waals surface area contributed by atoms with E-state index in [9.17, 15) is 0 Å². The minimum Gasteiger partial charge on any atom is -0.345 e. The Bertz CT molecular complexity index is 590. The van der Waals surface area contributed by atoms with Crippen molar-refractivity contribution in [3.63, 3.8) is 0 Å². The standard InChI is InChI=1S/C15H11N3/c1-18(14-6-2-4-12(8-14)10-16)15-7-3-5-13(9-15)11-17/h2-9H,1H3. The highest BCUT2D eigenvalue weighted by atomic mass is 15.1. The molecule has 0 atom stereocenters. The van der Waals surface area contributed by atoms with Crippen LogP contribution in [0.3, 0.4) is 0 Å². The fourth-order valence-corrected chi connectivity index (χ4v) is 1.72. The van der Waals surface area contributed by atoms with Crippen molar-refractivity contribution in [1.82, 2.24) is 0 Å². The Hall–Kier alpha value is -2.78. The third-order valence-corrected chi connectivity index (χ3v) is 2.73. The van der Waals surface area contributed by atoms with Crippen LogP contribution in [0, 0.1) is 22.7 Å². The lowest BCUT2D eigenvalue weighted by Crippen LogP contribution is -2.09. The summed E-state index contributed by atoms with van der Waals surface area (Å²) in [6.07, 6.45) is 0. The second kappa shape index (κ2) is 5.03. The molecule has 2 aromatic carbocycles. The van der Waals surface area contributed by atoms with Crippen molar-refractivity contribution < 1.29 is 0 Å². The Morgan fingerprint density at radius 1 is 0.833 bits per heavy atom. The van der Waals surface area contributed by atoms with Crippen molar-refractivity contribution in [2.24, 2.45) is 0 Å². The summed E-state index contributed by atoms with van der Waals surface area (Å²) in [6.45, 7) is 0. The third-order valence-electron chi connectivity index (χ3n) is 2.73. The molecule has 3 nitrogen and oxygen atoms in total. The molecule has 0 aliphatic carbocycles. The molecule has 0 heterocycles. The van der Waals surface area contributed by atoms with Crippen LogP contribution in [0.1, 0.15) is 11.1 Å². The van der Waals surface area contributed by atoms with Crippen molar-refractivity contribution in [1.29, 1.82) is 10.5 Å². The molecule has 0 bridgehead atoms. The van der Waals surface area contributed by atoms with Crippen molar-refractivity contribution in [2.45, 2.75) is 0 Å². The van der Waals surface area contributed by atoms with Gasteiger partial charge in [-0.15, -0.1) is 0 Å². The quantitative estimate of drug-likeness (QED) is 0.800. The van der Waals surface area contributed by atoms with Gasteiger partial charge < -0.3 is 4.90 Å². The third kappa shape index (κ3) is 2.31. The Morgan fingerprint density at radius 2 is 1.28 bits per heavy atom. The van der Waals surface area contributed by atoms with Crippen LogP contribution >= 0.6 is 0 Å². The van der Waals surface area contributed by atoms with Gasteiger partial charge in [-0.25, -0.2) is 0 Å². The van der Waals surface area contributed by atoms with Crippen molar-refractivity contribution in [3.05, 3.63) is 59.7 Å². The van der Waals surface area contributed by atoms with Crippen molar-refractivity contribution >= 4 is 11.4 Å². The fourth-order valence-electron chi connectivity index (χ4n) is 1.72. The van der Waals surface area contributed by atoms with Gasteiger partial charge in [0, 0.05) is 18.4 Å². The molecule has 0 amide bonds. The van der Waals surface area contributed by atoms with Gasteiger partial charge >= 0.3 is 0 Å². The zero-order chi connectivity index (χ0) is 13.0. The van der Waals surface area contributed by atoms with Gasteiger partial charge in [-0.05, 0) is 36.4 Å². The summed E-state index contributed by atoms with van der Waals surface area (Å²) in [5.41, 5.74) is 3.08. The van der Waals surface area contributed by atoms with Gasteiger partial charge in [-0.1, -0.05) is 12.1 Å². The first-order valence-electron chi connectivity index (χ1n) is 5.48. The maximum atomic E-state index is 8.88. The van der Waals surface area contributed by atoms with Crippen LogP contribution in [0.15, 0.2) is 48.5 Å². The smallest absolute Gasteiger partial charge is 0.0992 e. The van der Waals surface area contributed by atoms with E-state index in [4.69, 9.17) is 10.5 Å². The topological polar surface area (TPSA) is 50.8 Å². The van der Waals surface area contributed by atoms with E-state index in [1.807, 2.05) is 48.3 Å². The van der Waals surface area contributed by atoms with Crippen LogP contribution in [-0.4, -0.2) is 7.05 Å². The maximum absolute atomic E-state index is 8.88. The minimum atomic E-state index is 0.621. The highest BCUT2D eigenvalue weighted by molar-refractivity contribution is 5.65. The van der Waals surface area contributed by atoms with E-state index >= 15 is 0 Å². The first-order valence-corrected chi connectivity index (χ1v) is 5.48. The molecule has 86 valence electrons. The molecule has 3 heteroatoms. The highest BCUT2D eigenvalue weighted by Gasteiger charge is 2.05. The van der Waals surface area contributed by atoms with E-state index in [0.717, 1.165) is 11.4 Å². The number of nitrogens with zero attached hydrogens (tertiary/aromatic N) is 3. The molecule has 0 saturated carbocycles. The lowest BCUT2D eigenvalue weighted by Gasteiger charge is -2.19. The van der Waals surface area contributed by atoms with Crippen LogP contribution in [0.4, 0.5) is 11.4 Å². The minimum absolute atomic E-state index is 0.621. The lowest BCUT2D eigenvalue weighted by molar-refractivity contribution is 1.20. The summed E-state index contributed by atoms with van der Waals surface area (Å²) in [7, 11) is 1.91.